The van der Waals surface area contributed by atoms with Gasteiger partial charge in [-0.05, 0) is 23.3 Å². The molecule has 7 heteroatoms. The number of hydrogen-bond donors (Lipinski definition) is 2. The van der Waals surface area contributed by atoms with Crippen molar-refractivity contribution in [1.29, 1.82) is 0 Å². The van der Waals surface area contributed by atoms with Crippen LogP contribution < -0.4 is 16.2 Å². The predicted octanol–water partition coefficient (Wildman–Crippen LogP) is 2.91. The van der Waals surface area contributed by atoms with Gasteiger partial charge < -0.3 is 14.6 Å². The molecule has 7 nitrogen and oxygen atoms in total. The minimum Gasteiger partial charge on any atom is -0.444 e. The number of rotatable bonds is 7. The Morgan fingerprint density at radius 3 is 2.21 bits per heavy atom. The van der Waals surface area contributed by atoms with E-state index in [0.29, 0.717) is 6.54 Å². The summed E-state index contributed by atoms with van der Waals surface area (Å²) in [5.41, 5.74) is 1.36. The summed E-state index contributed by atoms with van der Waals surface area (Å²) in [4.78, 5) is 36.6. The summed E-state index contributed by atoms with van der Waals surface area (Å²) in [6.07, 6.45) is 0.752. The molecule has 148 valence electrons. The van der Waals surface area contributed by atoms with E-state index in [1.807, 2.05) is 60.7 Å². The largest absolute Gasteiger partial charge is 0.444 e. The van der Waals surface area contributed by atoms with E-state index in [1.54, 1.807) is 6.07 Å². The third-order valence-electron chi connectivity index (χ3n) is 4.12. The van der Waals surface area contributed by atoms with Crippen molar-refractivity contribution in [3.63, 3.8) is 0 Å². The molecule has 0 radical (unpaired) electrons. The number of amides is 2. The maximum Gasteiger partial charge on any atom is 0.412 e. The van der Waals surface area contributed by atoms with E-state index < -0.39 is 11.7 Å². The normalized spacial score (nSPS) is 10.2. The molecule has 0 aliphatic heterocycles. The molecule has 0 saturated heterocycles. The highest BCUT2D eigenvalue weighted by molar-refractivity contribution is 5.84. The molecule has 0 aliphatic rings. The number of benzene rings is 2. The fourth-order valence-electron chi connectivity index (χ4n) is 2.63. The monoisotopic (exact) mass is 391 g/mol. The van der Waals surface area contributed by atoms with Crippen LogP contribution >= 0.6 is 0 Å². The van der Waals surface area contributed by atoms with Gasteiger partial charge in [0.1, 0.15) is 18.8 Å². The summed E-state index contributed by atoms with van der Waals surface area (Å²) >= 11 is 0. The number of aromatic nitrogens is 1. The Kier molecular flexibility index (Phi) is 6.78. The Hall–Kier alpha value is -3.87. The third-order valence-corrected chi connectivity index (χ3v) is 4.12. The van der Waals surface area contributed by atoms with Gasteiger partial charge in [0.05, 0.1) is 0 Å². The van der Waals surface area contributed by atoms with Crippen LogP contribution in [0.15, 0.2) is 83.8 Å². The van der Waals surface area contributed by atoms with Crippen molar-refractivity contribution in [3.05, 3.63) is 100 Å². The lowest BCUT2D eigenvalue weighted by Gasteiger charge is -2.10. The highest BCUT2D eigenvalue weighted by Gasteiger charge is 2.11. The van der Waals surface area contributed by atoms with Crippen LogP contribution in [0.5, 0.6) is 0 Å². The van der Waals surface area contributed by atoms with Crippen LogP contribution in [0.4, 0.5) is 10.5 Å². The zero-order valence-electron chi connectivity index (χ0n) is 15.7. The quantitative estimate of drug-likeness (QED) is 0.648. The van der Waals surface area contributed by atoms with Gasteiger partial charge in [0.2, 0.25) is 5.91 Å². The van der Waals surface area contributed by atoms with Crippen LogP contribution in [0.25, 0.3) is 0 Å². The van der Waals surface area contributed by atoms with Gasteiger partial charge in [-0.15, -0.1) is 0 Å². The molecule has 0 aliphatic carbocycles. The van der Waals surface area contributed by atoms with E-state index in [0.717, 1.165) is 11.1 Å². The molecular weight excluding hydrogens is 370 g/mol. The number of nitrogens with one attached hydrogen (secondary N) is 2. The van der Waals surface area contributed by atoms with E-state index in [2.05, 4.69) is 10.6 Å². The number of hydrogen-bond acceptors (Lipinski definition) is 4. The molecule has 2 amide bonds. The van der Waals surface area contributed by atoms with Gasteiger partial charge in [0.15, 0.2) is 0 Å². The third kappa shape index (κ3) is 6.07. The van der Waals surface area contributed by atoms with E-state index in [-0.39, 0.29) is 24.7 Å². The molecule has 29 heavy (non-hydrogen) atoms. The lowest BCUT2D eigenvalue weighted by Crippen LogP contribution is -2.33. The van der Waals surface area contributed by atoms with Crippen molar-refractivity contribution >= 4 is 17.7 Å². The first-order chi connectivity index (χ1) is 14.1. The molecule has 1 heterocycles. The highest BCUT2D eigenvalue weighted by Crippen LogP contribution is 2.04. The van der Waals surface area contributed by atoms with Gasteiger partial charge in [0.25, 0.3) is 5.56 Å². The number of anilines is 1. The molecule has 2 N–H and O–H groups in total. The molecule has 0 atom stereocenters. The van der Waals surface area contributed by atoms with E-state index in [1.165, 1.54) is 16.8 Å². The lowest BCUT2D eigenvalue weighted by molar-refractivity contribution is -0.121. The smallest absolute Gasteiger partial charge is 0.412 e. The van der Waals surface area contributed by atoms with Crippen LogP contribution in [-0.4, -0.2) is 16.6 Å². The predicted molar refractivity (Wildman–Crippen MR) is 109 cm³/mol. The summed E-state index contributed by atoms with van der Waals surface area (Å²) in [6, 6.07) is 21.7. The molecule has 0 saturated carbocycles. The first-order valence-electron chi connectivity index (χ1n) is 9.09. The number of carbonyl (C=O) groups excluding carboxylic acids is 2. The molecule has 0 unspecified atom stereocenters. The van der Waals surface area contributed by atoms with Gasteiger partial charge in [-0.3, -0.25) is 14.9 Å². The van der Waals surface area contributed by atoms with E-state index in [4.69, 9.17) is 4.74 Å². The van der Waals surface area contributed by atoms with Crippen molar-refractivity contribution < 1.29 is 14.3 Å². The Labute approximate surface area is 167 Å². The highest BCUT2D eigenvalue weighted by atomic mass is 16.5. The first-order valence-corrected chi connectivity index (χ1v) is 9.09. The molecule has 3 aromatic rings. The van der Waals surface area contributed by atoms with E-state index >= 15 is 0 Å². The standard InChI is InChI=1S/C22H21N3O4/c26-20(23-14-17-8-3-1-4-9-17)15-25-13-7-12-19(21(25)27)24-22(28)29-16-18-10-5-2-6-11-18/h1-13H,14-16H2,(H,23,26)(H,24,28). The van der Waals surface area contributed by atoms with Gasteiger partial charge in [-0.2, -0.15) is 0 Å². The maximum atomic E-state index is 12.5. The van der Waals surface area contributed by atoms with Crippen LogP contribution in [-0.2, 0) is 29.2 Å². The number of ether oxygens (including phenoxy) is 1. The minimum atomic E-state index is -0.739. The number of pyridine rings is 1. The number of nitrogens with zero attached hydrogens (tertiary/aromatic N) is 1. The molecule has 0 spiro atoms. The van der Waals surface area contributed by atoms with Gasteiger partial charge >= 0.3 is 6.09 Å². The van der Waals surface area contributed by atoms with Gasteiger partial charge in [-0.25, -0.2) is 4.79 Å². The molecular formula is C22H21N3O4. The summed E-state index contributed by atoms with van der Waals surface area (Å²) in [7, 11) is 0. The second-order valence-corrected chi connectivity index (χ2v) is 6.30. The average molecular weight is 391 g/mol. The van der Waals surface area contributed by atoms with Crippen molar-refractivity contribution in [1.82, 2.24) is 9.88 Å². The molecule has 1 aromatic heterocycles. The SMILES string of the molecule is O=C(Cn1cccc(NC(=O)OCc2ccccc2)c1=O)NCc1ccccc1. The maximum absolute atomic E-state index is 12.5. The Balaban J connectivity index is 1.55. The summed E-state index contributed by atoms with van der Waals surface area (Å²) < 4.78 is 6.35. The van der Waals surface area contributed by atoms with Crippen molar-refractivity contribution in [2.45, 2.75) is 19.7 Å². The number of carbonyl (C=O) groups is 2. The van der Waals surface area contributed by atoms with E-state index in [9.17, 15) is 14.4 Å². The summed E-state index contributed by atoms with van der Waals surface area (Å²) in [6.45, 7) is 0.314. The molecule has 3 rings (SSSR count). The zero-order valence-corrected chi connectivity index (χ0v) is 15.7. The topological polar surface area (TPSA) is 89.4 Å². The minimum absolute atomic E-state index is 0.0430. The van der Waals surface area contributed by atoms with Crippen LogP contribution in [0.1, 0.15) is 11.1 Å². The van der Waals surface area contributed by atoms with Gasteiger partial charge in [0, 0.05) is 12.7 Å². The second kappa shape index (κ2) is 9.89. The average Bonchev–Trinajstić information content (AvgIpc) is 2.75. The molecule has 0 bridgehead atoms. The fraction of sp³-hybridized carbons (Fsp3) is 0.136. The summed E-state index contributed by atoms with van der Waals surface area (Å²) in [5.74, 6) is -0.306. The second-order valence-electron chi connectivity index (χ2n) is 6.30. The Morgan fingerprint density at radius 1 is 0.862 bits per heavy atom. The van der Waals surface area contributed by atoms with Crippen molar-refractivity contribution in [2.24, 2.45) is 0 Å². The Morgan fingerprint density at radius 2 is 1.52 bits per heavy atom. The summed E-state index contributed by atoms with van der Waals surface area (Å²) in [5, 5.41) is 5.19. The lowest BCUT2D eigenvalue weighted by atomic mass is 10.2. The van der Waals surface area contributed by atoms with Crippen LogP contribution in [0, 0.1) is 0 Å². The molecule has 2 aromatic carbocycles. The zero-order chi connectivity index (χ0) is 20.5. The van der Waals surface area contributed by atoms with Crippen LogP contribution in [0.3, 0.4) is 0 Å². The van der Waals surface area contributed by atoms with Crippen molar-refractivity contribution in [2.75, 3.05) is 5.32 Å². The fourth-order valence-corrected chi connectivity index (χ4v) is 2.63. The molecule has 0 fully saturated rings. The Bertz CT molecular complexity index is 938. The van der Waals surface area contributed by atoms with Gasteiger partial charge in [-0.1, -0.05) is 60.7 Å². The van der Waals surface area contributed by atoms with Crippen LogP contribution in [0.2, 0.25) is 0 Å². The first kappa shape index (κ1) is 19.9. The van der Waals surface area contributed by atoms with Crippen molar-refractivity contribution in [3.8, 4) is 0 Å².